The molecule has 0 heterocycles. The molecular weight excluding hydrogens is 384 g/mol. The van der Waals surface area contributed by atoms with Crippen LogP contribution in [0.1, 0.15) is 60.8 Å². The van der Waals surface area contributed by atoms with Gasteiger partial charge in [0, 0.05) is 0 Å². The van der Waals surface area contributed by atoms with E-state index in [2.05, 4.69) is 54.6 Å². The summed E-state index contributed by atoms with van der Waals surface area (Å²) >= 11 is 0. The van der Waals surface area contributed by atoms with Crippen molar-refractivity contribution < 1.29 is 26.2 Å². The van der Waals surface area contributed by atoms with Gasteiger partial charge in [-0.2, -0.15) is 12.8 Å². The summed E-state index contributed by atoms with van der Waals surface area (Å²) in [4.78, 5) is 0. The van der Waals surface area contributed by atoms with Crippen LogP contribution in [0.2, 0.25) is 18.6 Å². The third-order valence-corrected chi connectivity index (χ3v) is 12.8. The molecular formula is C22H46SiZr. The summed E-state index contributed by atoms with van der Waals surface area (Å²) in [5.41, 5.74) is 3.01. The van der Waals surface area contributed by atoms with Crippen LogP contribution in [0, 0.1) is 63.3 Å². The van der Waals surface area contributed by atoms with Gasteiger partial charge < -0.3 is 27.8 Å². The molecule has 0 amide bonds. The molecule has 0 aromatic heterocycles. The van der Waals surface area contributed by atoms with Crippen LogP contribution in [0.3, 0.4) is 0 Å². The Morgan fingerprint density at radius 1 is 0.750 bits per heavy atom. The van der Waals surface area contributed by atoms with E-state index >= 15 is 0 Å². The minimum absolute atomic E-state index is 0. The Morgan fingerprint density at radius 2 is 1.17 bits per heavy atom. The minimum Gasteiger partial charge on any atom is -0.358 e. The third-order valence-electron chi connectivity index (χ3n) is 7.85. The monoisotopic (exact) mass is 428 g/mol. The van der Waals surface area contributed by atoms with Crippen LogP contribution < -0.4 is 0 Å². The molecule has 0 N–H and O–H groups in total. The fraction of sp³-hybridized carbons (Fsp3) is 0.818. The standard InChI is InChI=1S/C19H37Si.3CH3.Zr/c1-12-9-10-18(11-12)20(7,8)17(6)19-15(4)13(2)14(3)16(19)5;;;;/h12-16,18-19H,9-11H2,1-8H3;3*1H3;/q4*-1;+4. The first-order valence-electron chi connectivity index (χ1n) is 9.01. The Kier molecular flexibility index (Phi) is 13.8. The van der Waals surface area contributed by atoms with Gasteiger partial charge in [0.2, 0.25) is 0 Å². The first-order chi connectivity index (χ1) is 9.17. The van der Waals surface area contributed by atoms with E-state index in [0.29, 0.717) is 0 Å². The molecule has 24 heavy (non-hydrogen) atoms. The molecule has 142 valence electrons. The molecule has 6 atom stereocenters. The average molecular weight is 430 g/mol. The smallest absolute Gasteiger partial charge is 0.358 e. The molecule has 2 saturated carbocycles. The van der Waals surface area contributed by atoms with Gasteiger partial charge in [0.1, 0.15) is 0 Å². The predicted molar refractivity (Wildman–Crippen MR) is 113 cm³/mol. The number of hydrogen-bond donors (Lipinski definition) is 0. The van der Waals surface area contributed by atoms with Crippen LogP contribution in [-0.4, -0.2) is 8.07 Å². The molecule has 0 aromatic rings. The van der Waals surface area contributed by atoms with Gasteiger partial charge in [-0.15, -0.1) is 0 Å². The molecule has 0 aliphatic heterocycles. The van der Waals surface area contributed by atoms with Crippen molar-refractivity contribution in [2.24, 2.45) is 35.5 Å². The van der Waals surface area contributed by atoms with Crippen LogP contribution >= 0.6 is 0 Å². The van der Waals surface area contributed by atoms with Crippen LogP contribution in [0.5, 0.6) is 0 Å². The first-order valence-corrected chi connectivity index (χ1v) is 12.1. The Morgan fingerprint density at radius 3 is 1.50 bits per heavy atom. The van der Waals surface area contributed by atoms with Crippen molar-refractivity contribution in [1.29, 1.82) is 0 Å². The van der Waals surface area contributed by atoms with Crippen LogP contribution in [-0.2, 0) is 26.2 Å². The molecule has 0 spiro atoms. The molecule has 2 aliphatic rings. The maximum absolute atomic E-state index is 2.68. The fourth-order valence-corrected chi connectivity index (χ4v) is 9.40. The zero-order valence-corrected chi connectivity index (χ0v) is 22.1. The van der Waals surface area contributed by atoms with E-state index in [1.165, 1.54) is 19.3 Å². The van der Waals surface area contributed by atoms with Gasteiger partial charge in [0.15, 0.2) is 0 Å². The summed E-state index contributed by atoms with van der Waals surface area (Å²) in [6, 6.07) is 0. The Balaban J connectivity index is -0.00000110. The van der Waals surface area contributed by atoms with Gasteiger partial charge in [-0.25, -0.2) is 0 Å². The van der Waals surface area contributed by atoms with Crippen LogP contribution in [0.25, 0.3) is 0 Å². The van der Waals surface area contributed by atoms with E-state index in [1.54, 1.807) is 0 Å². The topological polar surface area (TPSA) is 0 Å². The Bertz CT molecular complexity index is 327. The zero-order valence-electron chi connectivity index (χ0n) is 18.7. The predicted octanol–water partition coefficient (Wildman–Crippen LogP) is 7.54. The minimum atomic E-state index is -1.21. The second kappa shape index (κ2) is 11.1. The van der Waals surface area contributed by atoms with E-state index in [1.807, 2.05) is 5.54 Å². The quantitative estimate of drug-likeness (QED) is 0.321. The molecule has 0 radical (unpaired) electrons. The van der Waals surface area contributed by atoms with Crippen molar-refractivity contribution >= 4 is 8.07 Å². The normalized spacial score (nSPS) is 38.6. The van der Waals surface area contributed by atoms with E-state index in [4.69, 9.17) is 0 Å². The summed E-state index contributed by atoms with van der Waals surface area (Å²) in [6.07, 6.45) is 4.51. The van der Waals surface area contributed by atoms with Crippen LogP contribution in [0.15, 0.2) is 0 Å². The molecule has 2 heteroatoms. The Labute approximate surface area is 176 Å². The molecule has 2 fully saturated rings. The van der Waals surface area contributed by atoms with Crippen molar-refractivity contribution in [3.63, 3.8) is 0 Å². The SMILES string of the molecule is C[C-](C1C(C)C(C)C(C)C1C)[Si](C)(C)C1CCC(C)C1.[CH3-].[CH3-].[CH3-].[Zr+4]. The molecule has 2 aliphatic carbocycles. The molecule has 0 nitrogen and oxygen atoms in total. The second-order valence-corrected chi connectivity index (χ2v) is 14.0. The summed E-state index contributed by atoms with van der Waals surface area (Å²) in [6.45, 7) is 20.4. The fourth-order valence-electron chi connectivity index (χ4n) is 5.49. The maximum atomic E-state index is 2.68. The summed E-state index contributed by atoms with van der Waals surface area (Å²) < 4.78 is 0. The van der Waals surface area contributed by atoms with Gasteiger partial charge in [0.05, 0.1) is 0 Å². The van der Waals surface area contributed by atoms with Gasteiger partial charge >= 0.3 is 26.2 Å². The Hall–Kier alpha value is 1.10. The summed E-state index contributed by atoms with van der Waals surface area (Å²) in [5, 5.41) is 0. The van der Waals surface area contributed by atoms with E-state index < -0.39 is 8.07 Å². The molecule has 6 unspecified atom stereocenters. The third kappa shape index (κ3) is 5.31. The first kappa shape index (κ1) is 29.8. The van der Waals surface area contributed by atoms with Crippen molar-refractivity contribution in [1.82, 2.24) is 0 Å². The second-order valence-electron chi connectivity index (χ2n) is 8.98. The van der Waals surface area contributed by atoms with Crippen molar-refractivity contribution in [2.75, 3.05) is 0 Å². The van der Waals surface area contributed by atoms with Crippen molar-refractivity contribution in [3.8, 4) is 0 Å². The van der Waals surface area contributed by atoms with Gasteiger partial charge in [-0.05, 0) is 17.8 Å². The van der Waals surface area contributed by atoms with Gasteiger partial charge in [-0.1, -0.05) is 92.4 Å². The van der Waals surface area contributed by atoms with E-state index in [0.717, 1.165) is 41.0 Å². The molecule has 0 aromatic carbocycles. The van der Waals surface area contributed by atoms with Gasteiger partial charge in [-0.3, -0.25) is 0 Å². The molecule has 0 bridgehead atoms. The van der Waals surface area contributed by atoms with E-state index in [-0.39, 0.29) is 48.5 Å². The summed E-state index contributed by atoms with van der Waals surface area (Å²) in [5.74, 6) is 5.47. The molecule has 2 rings (SSSR count). The zero-order chi connectivity index (χ0) is 15.2. The van der Waals surface area contributed by atoms with Crippen molar-refractivity contribution in [2.45, 2.75) is 79.4 Å². The van der Waals surface area contributed by atoms with Gasteiger partial charge in [0.25, 0.3) is 0 Å². The number of hydrogen-bond acceptors (Lipinski definition) is 0. The number of rotatable bonds is 3. The largest absolute Gasteiger partial charge is 4.00 e. The van der Waals surface area contributed by atoms with Crippen LogP contribution in [0.4, 0.5) is 0 Å². The molecule has 0 saturated heterocycles. The average Bonchev–Trinajstić information content (AvgIpc) is 2.90. The summed E-state index contributed by atoms with van der Waals surface area (Å²) in [7, 11) is -1.21. The van der Waals surface area contributed by atoms with E-state index in [9.17, 15) is 0 Å². The van der Waals surface area contributed by atoms with Crippen molar-refractivity contribution in [3.05, 3.63) is 27.8 Å². The maximum Gasteiger partial charge on any atom is 4.00 e.